The number of rotatable bonds is 4. The van der Waals surface area contributed by atoms with Crippen molar-refractivity contribution in [2.45, 2.75) is 33.6 Å². The summed E-state index contributed by atoms with van der Waals surface area (Å²) in [5, 5.41) is 0. The van der Waals surface area contributed by atoms with Crippen molar-refractivity contribution < 1.29 is 0 Å². The Bertz CT molecular complexity index is 671. The van der Waals surface area contributed by atoms with Gasteiger partial charge in [0.25, 0.3) is 0 Å². The molecule has 0 N–H and O–H groups in total. The van der Waals surface area contributed by atoms with Gasteiger partial charge in [-0.3, -0.25) is 4.98 Å². The maximum absolute atomic E-state index is 4.87. The molecule has 1 aliphatic heterocycles. The molecular weight excluding hydrogens is 298 g/mol. The monoisotopic (exact) mass is 325 g/mol. The van der Waals surface area contributed by atoms with E-state index >= 15 is 0 Å². The van der Waals surface area contributed by atoms with E-state index in [1.165, 1.54) is 31.5 Å². The van der Waals surface area contributed by atoms with E-state index in [0.717, 1.165) is 42.7 Å². The quantitative estimate of drug-likeness (QED) is 0.864. The van der Waals surface area contributed by atoms with E-state index in [1.54, 1.807) is 6.20 Å². The molecule has 1 aliphatic rings. The molecule has 3 heterocycles. The molecule has 5 heteroatoms. The molecule has 0 unspecified atom stereocenters. The Morgan fingerprint density at radius 2 is 1.92 bits per heavy atom. The molecule has 0 aliphatic carbocycles. The summed E-state index contributed by atoms with van der Waals surface area (Å²) in [6.07, 6.45) is 4.19. The van der Waals surface area contributed by atoms with Crippen LogP contribution in [0.3, 0.4) is 0 Å². The molecule has 2 aromatic rings. The fourth-order valence-electron chi connectivity index (χ4n) is 3.25. The van der Waals surface area contributed by atoms with E-state index in [-0.39, 0.29) is 0 Å². The lowest BCUT2D eigenvalue weighted by Gasteiger charge is -2.25. The molecule has 0 aromatic carbocycles. The lowest BCUT2D eigenvalue weighted by molar-refractivity contribution is 0.294. The topological polar surface area (TPSA) is 45.2 Å². The molecule has 2 aromatic heterocycles. The molecule has 0 radical (unpaired) electrons. The summed E-state index contributed by atoms with van der Waals surface area (Å²) in [7, 11) is 0. The van der Waals surface area contributed by atoms with Crippen molar-refractivity contribution in [2.75, 3.05) is 37.6 Å². The summed E-state index contributed by atoms with van der Waals surface area (Å²) in [5.41, 5.74) is 3.05. The fourth-order valence-corrected chi connectivity index (χ4v) is 3.25. The third kappa shape index (κ3) is 3.73. The Kier molecular flexibility index (Phi) is 5.41. The van der Waals surface area contributed by atoms with Gasteiger partial charge in [0.1, 0.15) is 11.5 Å². The van der Waals surface area contributed by atoms with Gasteiger partial charge in [0.15, 0.2) is 5.82 Å². The number of pyridine rings is 1. The Morgan fingerprint density at radius 3 is 2.67 bits per heavy atom. The van der Waals surface area contributed by atoms with E-state index in [4.69, 9.17) is 4.98 Å². The van der Waals surface area contributed by atoms with Crippen LogP contribution in [0, 0.1) is 13.8 Å². The van der Waals surface area contributed by atoms with Gasteiger partial charge < -0.3 is 9.80 Å². The van der Waals surface area contributed by atoms with Crippen molar-refractivity contribution in [2.24, 2.45) is 0 Å². The van der Waals surface area contributed by atoms with Crippen LogP contribution in [0.5, 0.6) is 0 Å². The van der Waals surface area contributed by atoms with Crippen LogP contribution in [0.2, 0.25) is 0 Å². The smallest absolute Gasteiger partial charge is 0.180 e. The summed E-state index contributed by atoms with van der Waals surface area (Å²) in [6, 6.07) is 5.87. The van der Waals surface area contributed by atoms with Crippen LogP contribution < -0.4 is 4.90 Å². The predicted octanol–water partition coefficient (Wildman–Crippen LogP) is 3.08. The average Bonchev–Trinajstić information content (AvgIpc) is 2.84. The van der Waals surface area contributed by atoms with Crippen molar-refractivity contribution in [3.63, 3.8) is 0 Å². The fraction of sp³-hybridized carbons (Fsp3) is 0.526. The second-order valence-electron chi connectivity index (χ2n) is 6.48. The minimum atomic E-state index is 0.725. The maximum atomic E-state index is 4.87. The maximum Gasteiger partial charge on any atom is 0.180 e. The van der Waals surface area contributed by atoms with Crippen molar-refractivity contribution >= 4 is 5.82 Å². The highest BCUT2D eigenvalue weighted by atomic mass is 15.3. The number of nitrogens with zero attached hydrogens (tertiary/aromatic N) is 5. The molecule has 1 fully saturated rings. The van der Waals surface area contributed by atoms with Crippen LogP contribution in [0.4, 0.5) is 5.82 Å². The standard InChI is InChI=1S/C19H27N5/c1-4-10-23-11-7-12-24(14-13-23)19-15(2)16(3)21-18(22-19)17-8-5-6-9-20-17/h5-6,8-9H,4,7,10-14H2,1-3H3. The largest absolute Gasteiger partial charge is 0.355 e. The van der Waals surface area contributed by atoms with Crippen molar-refractivity contribution in [3.05, 3.63) is 35.7 Å². The highest BCUT2D eigenvalue weighted by Crippen LogP contribution is 2.24. The predicted molar refractivity (Wildman–Crippen MR) is 98.3 cm³/mol. The van der Waals surface area contributed by atoms with Gasteiger partial charge in [-0.15, -0.1) is 0 Å². The highest BCUT2D eigenvalue weighted by molar-refractivity contribution is 5.57. The Hall–Kier alpha value is -2.01. The molecule has 0 spiro atoms. The average molecular weight is 325 g/mol. The number of aryl methyl sites for hydroxylation is 1. The van der Waals surface area contributed by atoms with Gasteiger partial charge in [-0.1, -0.05) is 13.0 Å². The van der Waals surface area contributed by atoms with Crippen LogP contribution >= 0.6 is 0 Å². The van der Waals surface area contributed by atoms with Gasteiger partial charge in [0.2, 0.25) is 0 Å². The van der Waals surface area contributed by atoms with E-state index in [2.05, 4.69) is 40.5 Å². The van der Waals surface area contributed by atoms with Crippen LogP contribution in [0.15, 0.2) is 24.4 Å². The number of anilines is 1. The van der Waals surface area contributed by atoms with Crippen molar-refractivity contribution in [1.82, 2.24) is 19.9 Å². The first-order chi connectivity index (χ1) is 11.7. The van der Waals surface area contributed by atoms with Crippen molar-refractivity contribution in [3.8, 4) is 11.5 Å². The first-order valence-corrected chi connectivity index (χ1v) is 8.93. The third-order valence-electron chi connectivity index (χ3n) is 4.69. The summed E-state index contributed by atoms with van der Waals surface area (Å²) >= 11 is 0. The van der Waals surface area contributed by atoms with E-state index in [9.17, 15) is 0 Å². The first kappa shape index (κ1) is 16.8. The van der Waals surface area contributed by atoms with Gasteiger partial charge >= 0.3 is 0 Å². The molecule has 24 heavy (non-hydrogen) atoms. The summed E-state index contributed by atoms with van der Waals surface area (Å²) in [4.78, 5) is 18.9. The van der Waals surface area contributed by atoms with E-state index in [0.29, 0.717) is 0 Å². The van der Waals surface area contributed by atoms with E-state index in [1.807, 2.05) is 18.2 Å². The van der Waals surface area contributed by atoms with Crippen LogP contribution in [-0.2, 0) is 0 Å². The van der Waals surface area contributed by atoms with Gasteiger partial charge in [0.05, 0.1) is 0 Å². The number of aromatic nitrogens is 3. The van der Waals surface area contributed by atoms with Gasteiger partial charge in [-0.05, 0) is 51.9 Å². The van der Waals surface area contributed by atoms with Crippen LogP contribution in [0.25, 0.3) is 11.5 Å². The van der Waals surface area contributed by atoms with E-state index < -0.39 is 0 Å². The third-order valence-corrected chi connectivity index (χ3v) is 4.69. The van der Waals surface area contributed by atoms with Crippen LogP contribution in [0.1, 0.15) is 31.0 Å². The minimum absolute atomic E-state index is 0.725. The second kappa shape index (κ2) is 7.71. The SMILES string of the molecule is CCCN1CCCN(c2nc(-c3ccccn3)nc(C)c2C)CC1. The lowest BCUT2D eigenvalue weighted by atomic mass is 10.2. The Morgan fingerprint density at radius 1 is 1.04 bits per heavy atom. The number of hydrogen-bond acceptors (Lipinski definition) is 5. The molecule has 0 amide bonds. The molecule has 3 rings (SSSR count). The lowest BCUT2D eigenvalue weighted by Crippen LogP contribution is -2.32. The highest BCUT2D eigenvalue weighted by Gasteiger charge is 2.19. The van der Waals surface area contributed by atoms with Crippen molar-refractivity contribution in [1.29, 1.82) is 0 Å². The zero-order chi connectivity index (χ0) is 16.9. The first-order valence-electron chi connectivity index (χ1n) is 8.93. The van der Waals surface area contributed by atoms with Gasteiger partial charge in [-0.2, -0.15) is 0 Å². The molecule has 0 bridgehead atoms. The molecule has 0 saturated carbocycles. The van der Waals surface area contributed by atoms with Gasteiger partial charge in [0, 0.05) is 37.1 Å². The second-order valence-corrected chi connectivity index (χ2v) is 6.48. The normalized spacial score (nSPS) is 16.2. The summed E-state index contributed by atoms with van der Waals surface area (Å²) in [6.45, 7) is 12.0. The Labute approximate surface area is 144 Å². The molecule has 128 valence electrons. The molecule has 5 nitrogen and oxygen atoms in total. The summed E-state index contributed by atoms with van der Waals surface area (Å²) < 4.78 is 0. The molecule has 0 atom stereocenters. The Balaban J connectivity index is 1.88. The molecule has 1 saturated heterocycles. The van der Waals surface area contributed by atoms with Gasteiger partial charge in [-0.25, -0.2) is 9.97 Å². The zero-order valence-corrected chi connectivity index (χ0v) is 15.0. The number of hydrogen-bond donors (Lipinski definition) is 0. The minimum Gasteiger partial charge on any atom is -0.355 e. The molecular formula is C19H27N5. The summed E-state index contributed by atoms with van der Waals surface area (Å²) in [5.74, 6) is 1.80. The van der Waals surface area contributed by atoms with Crippen LogP contribution in [-0.4, -0.2) is 52.6 Å². The zero-order valence-electron chi connectivity index (χ0n) is 15.0.